The lowest BCUT2D eigenvalue weighted by Gasteiger charge is -2.71. The number of fused-ring (bicyclic) bond motifs is 7. The topological polar surface area (TPSA) is 121 Å². The fourth-order valence-corrected chi connectivity index (χ4v) is 11.7. The highest BCUT2D eigenvalue weighted by atomic mass is 32.3. The van der Waals surface area contributed by atoms with Crippen LogP contribution >= 0.6 is 0 Å². The van der Waals surface area contributed by atoms with Crippen LogP contribution in [0.5, 0.6) is 0 Å². The Balaban J connectivity index is 1.58. The van der Waals surface area contributed by atoms with Gasteiger partial charge in [-0.05, 0) is 103 Å². The van der Waals surface area contributed by atoms with E-state index < -0.39 is 39.4 Å². The highest BCUT2D eigenvalue weighted by molar-refractivity contribution is 7.80. The number of rotatable bonds is 3. The molecule has 0 aromatic carbocycles. The lowest BCUT2D eigenvalue weighted by Crippen LogP contribution is -2.67. The van der Waals surface area contributed by atoms with E-state index in [0.717, 1.165) is 38.5 Å². The molecule has 2 unspecified atom stereocenters. The summed E-state index contributed by atoms with van der Waals surface area (Å²) in [7, 11) is -4.54. The van der Waals surface area contributed by atoms with Crippen molar-refractivity contribution in [3.8, 4) is 0 Å². The lowest BCUT2D eigenvalue weighted by molar-refractivity contribution is -0.216. The first-order valence-electron chi connectivity index (χ1n) is 14.5. The van der Waals surface area contributed by atoms with Crippen LogP contribution in [-0.4, -0.2) is 41.4 Å². The number of aliphatic carboxylic acids is 1. The number of aliphatic hydroxyl groups excluding tert-OH is 1. The van der Waals surface area contributed by atoms with Gasteiger partial charge < -0.3 is 10.2 Å². The Morgan fingerprint density at radius 1 is 0.947 bits per heavy atom. The number of hydrogen-bond donors (Lipinski definition) is 3. The van der Waals surface area contributed by atoms with E-state index in [1.54, 1.807) is 0 Å². The maximum atomic E-state index is 12.9. The standard InChI is InChI=1S/C30H48O7S/c1-25(2)14-15-30(24(32)33)19(16-25)18-8-9-21-27(5)12-11-23(37-38(34,35)36)26(3,4)20(27)10-13-28(21,6)29(18,7)17-22(30)31/h8,19-23,31H,9-17H2,1-7H3,(H,32,33)(H,34,35,36)/t19?,20?,21-,22-,23+,27+,28-,29-,30-/m1/s1. The van der Waals surface area contributed by atoms with Crippen molar-refractivity contribution < 1.29 is 32.2 Å². The summed E-state index contributed by atoms with van der Waals surface area (Å²) in [6, 6.07) is 0. The van der Waals surface area contributed by atoms with E-state index in [-0.39, 0.29) is 33.5 Å². The second kappa shape index (κ2) is 8.29. The van der Waals surface area contributed by atoms with Gasteiger partial charge in [-0.1, -0.05) is 60.1 Å². The third kappa shape index (κ3) is 3.68. The molecule has 7 nitrogen and oxygen atoms in total. The predicted molar refractivity (Wildman–Crippen MR) is 144 cm³/mol. The van der Waals surface area contributed by atoms with Crippen molar-refractivity contribution in [2.75, 3.05) is 0 Å². The maximum Gasteiger partial charge on any atom is 0.397 e. The minimum Gasteiger partial charge on any atom is -0.481 e. The number of carboxylic acid groups (broad SMARTS) is 1. The summed E-state index contributed by atoms with van der Waals surface area (Å²) >= 11 is 0. The molecule has 9 atom stereocenters. The van der Waals surface area contributed by atoms with E-state index in [1.165, 1.54) is 5.57 Å². The van der Waals surface area contributed by atoms with Gasteiger partial charge in [0.15, 0.2) is 0 Å². The predicted octanol–water partition coefficient (Wildman–Crippen LogP) is 6.03. The third-order valence-corrected chi connectivity index (χ3v) is 13.7. The Hall–Kier alpha value is -0.960. The zero-order chi connectivity index (χ0) is 28.3. The molecule has 0 aliphatic heterocycles. The van der Waals surface area contributed by atoms with Gasteiger partial charge in [0.05, 0.1) is 12.2 Å². The molecule has 5 rings (SSSR count). The third-order valence-electron chi connectivity index (χ3n) is 13.3. The minimum atomic E-state index is -4.54. The van der Waals surface area contributed by atoms with Gasteiger partial charge in [-0.3, -0.25) is 9.35 Å². The average Bonchev–Trinajstić information content (AvgIpc) is 2.75. The zero-order valence-corrected chi connectivity index (χ0v) is 25.0. The van der Waals surface area contributed by atoms with Crippen LogP contribution in [0, 0.1) is 50.2 Å². The van der Waals surface area contributed by atoms with E-state index in [1.807, 2.05) is 0 Å². The van der Waals surface area contributed by atoms with Crippen LogP contribution < -0.4 is 0 Å². The number of hydrogen-bond acceptors (Lipinski definition) is 5. The molecule has 0 spiro atoms. The normalized spacial score (nSPS) is 49.5. The molecule has 0 aromatic heterocycles. The lowest BCUT2D eigenvalue weighted by atomic mass is 9.33. The Morgan fingerprint density at radius 2 is 1.61 bits per heavy atom. The van der Waals surface area contributed by atoms with Crippen LogP contribution in [0.15, 0.2) is 11.6 Å². The van der Waals surface area contributed by atoms with Crippen LogP contribution in [0.3, 0.4) is 0 Å². The molecule has 0 radical (unpaired) electrons. The summed E-state index contributed by atoms with van der Waals surface area (Å²) in [6.07, 6.45) is 7.53. The summed E-state index contributed by atoms with van der Waals surface area (Å²) in [5, 5.41) is 22.3. The van der Waals surface area contributed by atoms with Crippen LogP contribution in [0.1, 0.15) is 106 Å². The van der Waals surface area contributed by atoms with Crippen molar-refractivity contribution in [1.29, 1.82) is 0 Å². The highest BCUT2D eigenvalue weighted by Gasteiger charge is 2.71. The largest absolute Gasteiger partial charge is 0.481 e. The molecular formula is C30H48O7S. The molecule has 216 valence electrons. The van der Waals surface area contributed by atoms with E-state index in [4.69, 9.17) is 4.18 Å². The molecule has 0 bridgehead atoms. The van der Waals surface area contributed by atoms with Gasteiger partial charge in [0.2, 0.25) is 0 Å². The Labute approximate surface area is 228 Å². The van der Waals surface area contributed by atoms with E-state index in [2.05, 4.69) is 54.5 Å². The SMILES string of the molecule is CC1(C)CC[C@@]2(C(=O)O)C(C1)C1=CC[C@@H]3[C@@]4(C)CC[C@H](OS(=O)(=O)O)C(C)(C)C4CC[C@@]3(C)[C@]1(C)C[C@H]2O. The van der Waals surface area contributed by atoms with Crippen molar-refractivity contribution >= 4 is 16.4 Å². The summed E-state index contributed by atoms with van der Waals surface area (Å²) in [5.74, 6) is -0.492. The van der Waals surface area contributed by atoms with Gasteiger partial charge in [0.25, 0.3) is 0 Å². The van der Waals surface area contributed by atoms with Crippen molar-refractivity contribution in [2.24, 2.45) is 50.2 Å². The fraction of sp³-hybridized carbons (Fsp3) is 0.900. The number of carboxylic acids is 1. The molecule has 0 heterocycles. The molecule has 0 aromatic rings. The molecule has 4 fully saturated rings. The minimum absolute atomic E-state index is 0.0271. The van der Waals surface area contributed by atoms with Gasteiger partial charge in [0.1, 0.15) is 5.41 Å². The maximum absolute atomic E-state index is 12.9. The van der Waals surface area contributed by atoms with Gasteiger partial charge in [0, 0.05) is 0 Å². The van der Waals surface area contributed by atoms with Crippen LogP contribution in [0.4, 0.5) is 0 Å². The van der Waals surface area contributed by atoms with Crippen LogP contribution in [0.25, 0.3) is 0 Å². The summed E-state index contributed by atoms with van der Waals surface area (Å²) in [4.78, 5) is 12.9. The highest BCUT2D eigenvalue weighted by Crippen LogP contribution is 2.75. The molecule has 0 saturated heterocycles. The van der Waals surface area contributed by atoms with E-state index in [9.17, 15) is 28.0 Å². The summed E-state index contributed by atoms with van der Waals surface area (Å²) in [5.41, 5.74) is -0.765. The average molecular weight is 553 g/mol. The van der Waals surface area contributed by atoms with Crippen LogP contribution in [0.2, 0.25) is 0 Å². The second-order valence-corrected chi connectivity index (χ2v) is 16.7. The first kappa shape index (κ1) is 28.6. The summed E-state index contributed by atoms with van der Waals surface area (Å²) < 4.78 is 37.9. The van der Waals surface area contributed by atoms with Gasteiger partial charge in [-0.2, -0.15) is 8.42 Å². The van der Waals surface area contributed by atoms with Crippen molar-refractivity contribution in [3.63, 3.8) is 0 Å². The summed E-state index contributed by atoms with van der Waals surface area (Å²) in [6.45, 7) is 15.7. The van der Waals surface area contributed by atoms with E-state index >= 15 is 0 Å². The van der Waals surface area contributed by atoms with Crippen molar-refractivity contribution in [2.45, 2.75) is 118 Å². The van der Waals surface area contributed by atoms with Crippen molar-refractivity contribution in [1.82, 2.24) is 0 Å². The van der Waals surface area contributed by atoms with Gasteiger partial charge in [-0.15, -0.1) is 0 Å². The quantitative estimate of drug-likeness (QED) is 0.289. The number of carbonyl (C=O) groups is 1. The second-order valence-electron chi connectivity index (χ2n) is 15.7. The number of aliphatic hydroxyl groups is 1. The Morgan fingerprint density at radius 3 is 2.21 bits per heavy atom. The first-order valence-corrected chi connectivity index (χ1v) is 15.9. The molecule has 5 aliphatic rings. The van der Waals surface area contributed by atoms with E-state index in [0.29, 0.717) is 25.2 Å². The number of allylic oxidation sites excluding steroid dienone is 2. The van der Waals surface area contributed by atoms with Gasteiger partial charge >= 0.3 is 16.4 Å². The van der Waals surface area contributed by atoms with Crippen molar-refractivity contribution in [3.05, 3.63) is 11.6 Å². The first-order chi connectivity index (χ1) is 17.2. The molecule has 3 N–H and O–H groups in total. The molecular weight excluding hydrogens is 504 g/mol. The molecule has 5 aliphatic carbocycles. The smallest absolute Gasteiger partial charge is 0.397 e. The Kier molecular flexibility index (Phi) is 6.23. The molecule has 0 amide bonds. The monoisotopic (exact) mass is 552 g/mol. The molecule has 8 heteroatoms. The van der Waals surface area contributed by atoms with Crippen LogP contribution in [-0.2, 0) is 19.4 Å². The molecule has 38 heavy (non-hydrogen) atoms. The van der Waals surface area contributed by atoms with Gasteiger partial charge in [-0.25, -0.2) is 4.18 Å². The fourth-order valence-electron chi connectivity index (χ4n) is 11.0. The molecule has 4 saturated carbocycles. The zero-order valence-electron chi connectivity index (χ0n) is 24.2. The Bertz CT molecular complexity index is 1160.